The van der Waals surface area contributed by atoms with E-state index in [0.29, 0.717) is 18.5 Å². The summed E-state index contributed by atoms with van der Waals surface area (Å²) in [6.45, 7) is 2.37. The van der Waals surface area contributed by atoms with E-state index in [1.807, 2.05) is 13.0 Å². The highest BCUT2D eigenvalue weighted by Crippen LogP contribution is 2.28. The lowest BCUT2D eigenvalue weighted by Gasteiger charge is -2.32. The van der Waals surface area contributed by atoms with Crippen molar-refractivity contribution in [3.05, 3.63) is 35.9 Å². The Hall–Kier alpha value is -1.40. The van der Waals surface area contributed by atoms with Crippen LogP contribution in [0.5, 0.6) is 0 Å². The number of aliphatic carboxylic acids is 1. The molecule has 0 radical (unpaired) electrons. The summed E-state index contributed by atoms with van der Waals surface area (Å²) in [4.78, 5) is 13.4. The van der Waals surface area contributed by atoms with Gasteiger partial charge in [-0.2, -0.15) is 0 Å². The Morgan fingerprint density at radius 1 is 1.40 bits per heavy atom. The third-order valence-electron chi connectivity index (χ3n) is 3.72. The fourth-order valence-electron chi connectivity index (χ4n) is 2.80. The van der Waals surface area contributed by atoms with Gasteiger partial charge in [-0.25, -0.2) is 8.42 Å². The second kappa shape index (κ2) is 5.93. The van der Waals surface area contributed by atoms with Gasteiger partial charge in [-0.3, -0.25) is 9.69 Å². The second-order valence-electron chi connectivity index (χ2n) is 5.04. The van der Waals surface area contributed by atoms with Crippen molar-refractivity contribution in [2.24, 2.45) is 0 Å². The van der Waals surface area contributed by atoms with Crippen molar-refractivity contribution in [2.75, 3.05) is 18.1 Å². The maximum absolute atomic E-state index is 11.6. The highest BCUT2D eigenvalue weighted by Gasteiger charge is 2.37. The Kier molecular flexibility index (Phi) is 4.45. The highest BCUT2D eigenvalue weighted by atomic mass is 32.2. The Morgan fingerprint density at radius 2 is 2.05 bits per heavy atom. The fraction of sp³-hybridized carbons (Fsp3) is 0.500. The third-order valence-corrected chi connectivity index (χ3v) is 5.47. The van der Waals surface area contributed by atoms with E-state index in [4.69, 9.17) is 0 Å². The molecule has 1 aliphatic heterocycles. The van der Waals surface area contributed by atoms with Crippen molar-refractivity contribution in [3.8, 4) is 0 Å². The molecule has 1 heterocycles. The van der Waals surface area contributed by atoms with Crippen molar-refractivity contribution in [1.29, 1.82) is 0 Å². The number of sulfone groups is 1. The van der Waals surface area contributed by atoms with Crippen molar-refractivity contribution in [3.63, 3.8) is 0 Å². The summed E-state index contributed by atoms with van der Waals surface area (Å²) >= 11 is 0. The van der Waals surface area contributed by atoms with Crippen LogP contribution in [0.15, 0.2) is 30.3 Å². The molecule has 6 heteroatoms. The maximum Gasteiger partial charge on any atom is 0.325 e. The van der Waals surface area contributed by atoms with Gasteiger partial charge in [0.15, 0.2) is 9.84 Å². The molecule has 1 aromatic rings. The number of likely N-dealkylation sites (N-methyl/N-ethyl adjacent to an activating group) is 1. The van der Waals surface area contributed by atoms with E-state index in [1.165, 1.54) is 0 Å². The van der Waals surface area contributed by atoms with Crippen LogP contribution in [0.2, 0.25) is 0 Å². The monoisotopic (exact) mass is 297 g/mol. The Labute approximate surface area is 119 Å². The Balaban J connectivity index is 2.30. The minimum atomic E-state index is -3.03. The van der Waals surface area contributed by atoms with Gasteiger partial charge in [0.1, 0.15) is 6.04 Å². The first-order valence-corrected chi connectivity index (χ1v) is 8.50. The van der Waals surface area contributed by atoms with Gasteiger partial charge in [-0.15, -0.1) is 0 Å². The van der Waals surface area contributed by atoms with E-state index in [-0.39, 0.29) is 17.5 Å². The van der Waals surface area contributed by atoms with Crippen LogP contribution < -0.4 is 0 Å². The zero-order valence-corrected chi connectivity index (χ0v) is 12.2. The Bertz CT molecular complexity index is 570. The summed E-state index contributed by atoms with van der Waals surface area (Å²) in [6.07, 6.45) is 0.507. The number of benzene rings is 1. The van der Waals surface area contributed by atoms with E-state index in [9.17, 15) is 18.3 Å². The predicted octanol–water partition coefficient (Wildman–Crippen LogP) is 1.32. The minimum Gasteiger partial charge on any atom is -0.480 e. The number of carbonyl (C=O) groups is 1. The molecule has 0 saturated carbocycles. The molecule has 5 nitrogen and oxygen atoms in total. The highest BCUT2D eigenvalue weighted by molar-refractivity contribution is 7.91. The molecule has 2 atom stereocenters. The number of rotatable bonds is 5. The number of hydrogen-bond acceptors (Lipinski definition) is 4. The molecule has 1 N–H and O–H groups in total. The lowest BCUT2D eigenvalue weighted by atomic mass is 10.0. The van der Waals surface area contributed by atoms with Crippen molar-refractivity contribution in [1.82, 2.24) is 4.90 Å². The molecule has 0 spiro atoms. The molecular weight excluding hydrogens is 278 g/mol. The van der Waals surface area contributed by atoms with Crippen molar-refractivity contribution < 1.29 is 18.3 Å². The molecule has 1 fully saturated rings. The van der Waals surface area contributed by atoms with Gasteiger partial charge in [-0.05, 0) is 18.5 Å². The van der Waals surface area contributed by atoms with Gasteiger partial charge in [0.05, 0.1) is 11.5 Å². The number of carboxylic acid groups (broad SMARTS) is 1. The molecule has 0 aromatic heterocycles. The molecule has 1 aromatic carbocycles. The lowest BCUT2D eigenvalue weighted by Crippen LogP contribution is -2.42. The maximum atomic E-state index is 11.6. The van der Waals surface area contributed by atoms with Crippen LogP contribution >= 0.6 is 0 Å². The van der Waals surface area contributed by atoms with E-state index >= 15 is 0 Å². The molecule has 0 aliphatic carbocycles. The van der Waals surface area contributed by atoms with Gasteiger partial charge < -0.3 is 5.11 Å². The third kappa shape index (κ3) is 3.19. The predicted molar refractivity (Wildman–Crippen MR) is 76.3 cm³/mol. The largest absolute Gasteiger partial charge is 0.480 e. The average molecular weight is 297 g/mol. The molecule has 0 amide bonds. The van der Waals surface area contributed by atoms with Crippen LogP contribution in [0.4, 0.5) is 0 Å². The fourth-order valence-corrected chi connectivity index (χ4v) is 4.54. The van der Waals surface area contributed by atoms with Gasteiger partial charge in [0.2, 0.25) is 0 Å². The number of hydrogen-bond donors (Lipinski definition) is 1. The van der Waals surface area contributed by atoms with E-state index in [0.717, 1.165) is 0 Å². The lowest BCUT2D eigenvalue weighted by molar-refractivity contribution is -0.144. The van der Waals surface area contributed by atoms with Crippen LogP contribution in [0.25, 0.3) is 0 Å². The summed E-state index contributed by atoms with van der Waals surface area (Å²) in [5.74, 6) is -0.741. The zero-order chi connectivity index (χ0) is 14.8. The average Bonchev–Trinajstić information content (AvgIpc) is 2.76. The number of carboxylic acids is 1. The van der Waals surface area contributed by atoms with Crippen LogP contribution in [0.3, 0.4) is 0 Å². The van der Waals surface area contributed by atoms with Gasteiger partial charge in [0, 0.05) is 6.04 Å². The first-order valence-electron chi connectivity index (χ1n) is 6.68. The van der Waals surface area contributed by atoms with Gasteiger partial charge in [-0.1, -0.05) is 37.3 Å². The summed E-state index contributed by atoms with van der Waals surface area (Å²) in [5, 5.41) is 9.53. The topological polar surface area (TPSA) is 74.7 Å². The summed E-state index contributed by atoms with van der Waals surface area (Å²) < 4.78 is 23.2. The Morgan fingerprint density at radius 3 is 2.50 bits per heavy atom. The minimum absolute atomic E-state index is 0.0530. The zero-order valence-electron chi connectivity index (χ0n) is 11.4. The summed E-state index contributed by atoms with van der Waals surface area (Å²) in [6, 6.07) is 7.95. The molecule has 110 valence electrons. The van der Waals surface area contributed by atoms with Crippen LogP contribution in [-0.2, 0) is 14.6 Å². The van der Waals surface area contributed by atoms with Gasteiger partial charge >= 0.3 is 5.97 Å². The van der Waals surface area contributed by atoms with Crippen molar-refractivity contribution in [2.45, 2.75) is 25.4 Å². The second-order valence-corrected chi connectivity index (χ2v) is 7.27. The molecular formula is C14H19NO4S. The number of nitrogens with zero attached hydrogens (tertiary/aromatic N) is 1. The van der Waals surface area contributed by atoms with Crippen LogP contribution in [0.1, 0.15) is 24.9 Å². The molecule has 20 heavy (non-hydrogen) atoms. The van der Waals surface area contributed by atoms with Crippen LogP contribution in [0, 0.1) is 0 Å². The smallest absolute Gasteiger partial charge is 0.325 e. The molecule has 2 unspecified atom stereocenters. The SMILES string of the molecule is CCN(C1CCS(=O)(=O)C1)C(C(=O)O)c1ccccc1. The first kappa shape index (κ1) is 15.0. The van der Waals surface area contributed by atoms with Crippen LogP contribution in [-0.4, -0.2) is 48.5 Å². The molecule has 1 aliphatic rings. The van der Waals surface area contributed by atoms with Gasteiger partial charge in [0.25, 0.3) is 0 Å². The quantitative estimate of drug-likeness (QED) is 0.887. The normalized spacial score (nSPS) is 22.8. The molecule has 0 bridgehead atoms. The van der Waals surface area contributed by atoms with E-state index in [2.05, 4.69) is 0 Å². The summed E-state index contributed by atoms with van der Waals surface area (Å²) in [5.41, 5.74) is 0.686. The molecule has 1 saturated heterocycles. The standard InChI is InChI=1S/C14H19NO4S/c1-2-15(12-8-9-20(18,19)10-12)13(14(16)17)11-6-4-3-5-7-11/h3-7,12-13H,2,8-10H2,1H3,(H,16,17). The summed E-state index contributed by atoms with van der Waals surface area (Å²) in [7, 11) is -3.03. The van der Waals surface area contributed by atoms with E-state index in [1.54, 1.807) is 29.2 Å². The first-order chi connectivity index (χ1) is 9.44. The van der Waals surface area contributed by atoms with Crippen molar-refractivity contribution >= 4 is 15.8 Å². The van der Waals surface area contributed by atoms with E-state index < -0.39 is 21.8 Å². The molecule has 2 rings (SSSR count).